The van der Waals surface area contributed by atoms with E-state index in [0.717, 1.165) is 87.8 Å². The van der Waals surface area contributed by atoms with Crippen LogP contribution in [-0.2, 0) is 19.1 Å². The predicted molar refractivity (Wildman–Crippen MR) is 234 cm³/mol. The van der Waals surface area contributed by atoms with Gasteiger partial charge in [-0.05, 0) is 153 Å². The molecule has 0 spiro atoms. The topological polar surface area (TPSA) is 113 Å². The van der Waals surface area contributed by atoms with Crippen LogP contribution in [0.2, 0.25) is 0 Å². The summed E-state index contributed by atoms with van der Waals surface area (Å²) < 4.78 is 6.44. The van der Waals surface area contributed by atoms with E-state index in [2.05, 4.69) is 82.3 Å². The third-order valence-corrected chi connectivity index (χ3v) is 20.4. The van der Waals surface area contributed by atoms with Crippen molar-refractivity contribution < 1.29 is 24.2 Å². The third-order valence-electron chi connectivity index (χ3n) is 20.4. The second-order valence-corrected chi connectivity index (χ2v) is 23.2. The molecule has 1 aliphatic heterocycles. The molecule has 0 unspecified atom stereocenters. The first-order valence-electron chi connectivity index (χ1n) is 23.8. The lowest BCUT2D eigenvalue weighted by atomic mass is 9.32. The quantitative estimate of drug-likeness (QED) is 0.203. The molecule has 60 heavy (non-hydrogen) atoms. The van der Waals surface area contributed by atoms with E-state index in [-0.39, 0.29) is 51.1 Å². The number of aliphatic carboxylic acids is 1. The summed E-state index contributed by atoms with van der Waals surface area (Å²) in [4.78, 5) is 51.6. The Bertz CT molecular complexity index is 2040. The molecule has 1 saturated heterocycles. The number of imidazole rings is 1. The molecule has 7 aliphatic rings. The number of aromatic nitrogens is 2. The largest absolute Gasteiger partial charge is 0.481 e. The van der Waals surface area contributed by atoms with E-state index in [9.17, 15) is 14.7 Å². The highest BCUT2D eigenvalue weighted by Gasteiger charge is 2.72. The molecule has 2 N–H and O–H groups in total. The van der Waals surface area contributed by atoms with Crippen LogP contribution >= 0.6 is 0 Å². The van der Waals surface area contributed by atoms with Crippen LogP contribution in [0.4, 0.5) is 0 Å². The van der Waals surface area contributed by atoms with Gasteiger partial charge in [-0.2, -0.15) is 0 Å². The van der Waals surface area contributed by atoms with Crippen LogP contribution in [0.3, 0.4) is 0 Å². The first kappa shape index (κ1) is 41.9. The third kappa shape index (κ3) is 5.93. The lowest BCUT2D eigenvalue weighted by molar-refractivity contribution is -0.250. The van der Waals surface area contributed by atoms with Crippen molar-refractivity contribution in [2.75, 3.05) is 6.54 Å². The van der Waals surface area contributed by atoms with Crippen LogP contribution in [0.15, 0.2) is 48.7 Å². The Morgan fingerprint density at radius 2 is 1.62 bits per heavy atom. The highest BCUT2D eigenvalue weighted by atomic mass is 16.5. The standard InChI is InChI=1S/C52H73N3O5/c1-31(2)34-19-24-52(46(59)55-27-13-16-38(55)44-53-30-37(54-44)32-14-11-10-12-15-32)26-25-50(8)35(43(34)52)17-18-40-49(7)22-21-41(48(5,6)39(49)20-23-51(40,50)9)60-42(56)29-33-28-36(45(57)58)47(33,3)4/h10-12,14-15,30,33-36,38-41,43H,1,13,16-29H2,2-9H3,(H,53,54)(H,57,58)/t33-,34+,35-,36+,38+,39+,40-,41+,43-,49+,50-,51-,52+/m1/s1. The van der Waals surface area contributed by atoms with Gasteiger partial charge in [0, 0.05) is 18.4 Å². The number of carbonyl (C=O) groups is 3. The van der Waals surface area contributed by atoms with Gasteiger partial charge in [-0.3, -0.25) is 14.4 Å². The fraction of sp³-hybridized carbons (Fsp3) is 0.731. The number of fused-ring (bicyclic) bond motifs is 7. The van der Waals surface area contributed by atoms with E-state index in [1.54, 1.807) is 0 Å². The minimum atomic E-state index is -0.760. The molecule has 13 atom stereocenters. The molecule has 1 amide bonds. The summed E-state index contributed by atoms with van der Waals surface area (Å²) in [5.41, 5.74) is 2.87. The number of amides is 1. The molecule has 2 heterocycles. The maximum Gasteiger partial charge on any atom is 0.307 e. The molecule has 7 fully saturated rings. The van der Waals surface area contributed by atoms with Crippen molar-refractivity contribution in [3.63, 3.8) is 0 Å². The van der Waals surface area contributed by atoms with Crippen molar-refractivity contribution in [1.82, 2.24) is 14.9 Å². The summed E-state index contributed by atoms with van der Waals surface area (Å²) in [5.74, 6) is 2.20. The normalized spacial score (nSPS) is 42.5. The van der Waals surface area contributed by atoms with Crippen molar-refractivity contribution in [3.8, 4) is 11.3 Å². The number of H-pyrrole nitrogens is 1. The summed E-state index contributed by atoms with van der Waals surface area (Å²) in [6.07, 6.45) is 15.3. The summed E-state index contributed by atoms with van der Waals surface area (Å²) in [5, 5.41) is 9.65. The minimum absolute atomic E-state index is 0.0160. The number of hydrogen-bond donors (Lipinski definition) is 2. The summed E-state index contributed by atoms with van der Waals surface area (Å²) >= 11 is 0. The van der Waals surface area contributed by atoms with Crippen molar-refractivity contribution in [1.29, 1.82) is 0 Å². The number of likely N-dealkylation sites (tertiary alicyclic amines) is 1. The number of allylic oxidation sites excluding steroid dienone is 1. The molecule has 6 saturated carbocycles. The van der Waals surface area contributed by atoms with Gasteiger partial charge in [0.25, 0.3) is 0 Å². The number of benzene rings is 1. The number of hydrogen-bond acceptors (Lipinski definition) is 5. The summed E-state index contributed by atoms with van der Waals surface area (Å²) in [6, 6.07) is 10.3. The van der Waals surface area contributed by atoms with E-state index in [4.69, 9.17) is 9.72 Å². The number of nitrogens with one attached hydrogen (secondary N) is 1. The van der Waals surface area contributed by atoms with E-state index < -0.39 is 17.3 Å². The molecular formula is C52H73N3O5. The Morgan fingerprint density at radius 1 is 0.867 bits per heavy atom. The summed E-state index contributed by atoms with van der Waals surface area (Å²) in [6.45, 7) is 24.3. The van der Waals surface area contributed by atoms with E-state index in [1.165, 1.54) is 18.4 Å². The Hall–Kier alpha value is -3.42. The molecule has 0 bridgehead atoms. The molecule has 1 aromatic heterocycles. The van der Waals surface area contributed by atoms with E-state index in [0.29, 0.717) is 48.3 Å². The van der Waals surface area contributed by atoms with Crippen LogP contribution in [-0.4, -0.2) is 50.5 Å². The number of carboxylic acid groups (broad SMARTS) is 1. The number of rotatable bonds is 8. The van der Waals surface area contributed by atoms with E-state index >= 15 is 4.79 Å². The smallest absolute Gasteiger partial charge is 0.307 e. The van der Waals surface area contributed by atoms with Crippen LogP contribution in [0.25, 0.3) is 11.3 Å². The van der Waals surface area contributed by atoms with Crippen molar-refractivity contribution >= 4 is 17.8 Å². The summed E-state index contributed by atoms with van der Waals surface area (Å²) in [7, 11) is 0. The molecule has 9 rings (SSSR count). The fourth-order valence-electron chi connectivity index (χ4n) is 16.7. The Kier molecular flexibility index (Phi) is 9.99. The monoisotopic (exact) mass is 820 g/mol. The zero-order valence-electron chi connectivity index (χ0n) is 37.9. The van der Waals surface area contributed by atoms with Gasteiger partial charge in [0.1, 0.15) is 11.9 Å². The van der Waals surface area contributed by atoms with Gasteiger partial charge in [-0.25, -0.2) is 4.98 Å². The SMILES string of the molecule is C=C(C)[C@@H]1CC[C@]2(C(=O)N3CCC[C@H]3c3ncc(-c4ccccc4)[nH]3)CC[C@]3(C)[C@H](CC[C@@H]4[C@@]5(C)CC[C@H](OC(=O)C[C@H]6C[C@@H](C(=O)O)C6(C)C)C(C)(C)[C@@H]5CC[C@]43C)[C@@H]12. The predicted octanol–water partition coefficient (Wildman–Crippen LogP) is 11.4. The zero-order chi connectivity index (χ0) is 42.8. The van der Waals surface area contributed by atoms with Crippen molar-refractivity contribution in [3.05, 3.63) is 54.5 Å². The van der Waals surface area contributed by atoms with Crippen LogP contribution in [0, 0.1) is 73.9 Å². The molecule has 1 aromatic carbocycles. The number of nitrogens with zero attached hydrogens (tertiary/aromatic N) is 2. The maximum absolute atomic E-state index is 15.5. The Morgan fingerprint density at radius 3 is 2.32 bits per heavy atom. The van der Waals surface area contributed by atoms with Crippen LogP contribution < -0.4 is 0 Å². The van der Waals surface area contributed by atoms with Gasteiger partial charge >= 0.3 is 11.9 Å². The molecule has 0 radical (unpaired) electrons. The van der Waals surface area contributed by atoms with E-state index in [1.807, 2.05) is 26.1 Å². The van der Waals surface area contributed by atoms with Gasteiger partial charge in [0.15, 0.2) is 0 Å². The first-order chi connectivity index (χ1) is 28.3. The number of aromatic amines is 1. The molecule has 326 valence electrons. The molecule has 8 nitrogen and oxygen atoms in total. The van der Waals surface area contributed by atoms with Crippen molar-refractivity contribution in [2.45, 2.75) is 157 Å². The lowest BCUT2D eigenvalue weighted by Gasteiger charge is -2.73. The second-order valence-electron chi connectivity index (χ2n) is 23.2. The number of carbonyl (C=O) groups excluding carboxylic acids is 2. The first-order valence-corrected chi connectivity index (χ1v) is 23.8. The number of ether oxygens (including phenoxy) is 1. The molecule has 8 heteroatoms. The van der Waals surface area contributed by atoms with Gasteiger partial charge in [-0.15, -0.1) is 0 Å². The number of esters is 1. The van der Waals surface area contributed by atoms with Crippen molar-refractivity contribution in [2.24, 2.45) is 73.9 Å². The fourth-order valence-corrected chi connectivity index (χ4v) is 16.7. The molecule has 6 aliphatic carbocycles. The highest BCUT2D eigenvalue weighted by Crippen LogP contribution is 2.78. The Labute approximate surface area is 359 Å². The number of carboxylic acids is 1. The van der Waals surface area contributed by atoms with Gasteiger partial charge in [0.05, 0.1) is 29.3 Å². The lowest BCUT2D eigenvalue weighted by Crippen LogP contribution is -2.67. The average Bonchev–Trinajstić information content (AvgIpc) is 3.97. The average molecular weight is 820 g/mol. The Balaban J connectivity index is 0.949. The zero-order valence-corrected chi connectivity index (χ0v) is 37.9. The second kappa shape index (κ2) is 14.3. The molecular weight excluding hydrogens is 747 g/mol. The minimum Gasteiger partial charge on any atom is -0.481 e. The highest BCUT2D eigenvalue weighted by molar-refractivity contribution is 5.85. The van der Waals surface area contributed by atoms with Crippen LogP contribution in [0.1, 0.15) is 157 Å². The van der Waals surface area contributed by atoms with Gasteiger partial charge in [-0.1, -0.05) is 91.0 Å². The van der Waals surface area contributed by atoms with Gasteiger partial charge in [0.2, 0.25) is 5.91 Å². The molecule has 2 aromatic rings. The maximum atomic E-state index is 15.5. The van der Waals surface area contributed by atoms with Crippen LogP contribution in [0.5, 0.6) is 0 Å². The van der Waals surface area contributed by atoms with Gasteiger partial charge < -0.3 is 19.7 Å².